The van der Waals surface area contributed by atoms with Crippen LogP contribution < -0.4 is 130 Å². The van der Waals surface area contributed by atoms with Gasteiger partial charge < -0.3 is 58.6 Å². The summed E-state index contributed by atoms with van der Waals surface area (Å²) in [7, 11) is -15.9. The number of benzene rings is 6. The van der Waals surface area contributed by atoms with Gasteiger partial charge >= 0.3 is 118 Å². The Balaban J connectivity index is 0.00000620. The van der Waals surface area contributed by atoms with Crippen molar-refractivity contribution in [3.63, 3.8) is 0 Å². The molecule has 62 heavy (non-hydrogen) atoms. The molecule has 6 rings (SSSR count). The van der Waals surface area contributed by atoms with E-state index in [1.165, 1.54) is 0 Å². The number of aromatic hydroxyl groups is 2. The largest absolute Gasteiger partial charge is 1.00 e. The molecule has 0 fully saturated rings. The number of nitrogen functional groups attached to an aromatic ring is 2. The third-order valence-corrected chi connectivity index (χ3v) is 11.4. The summed E-state index contributed by atoms with van der Waals surface area (Å²) in [6.45, 7) is 3.36. The van der Waals surface area contributed by atoms with Crippen LogP contribution >= 0.6 is 0 Å². The number of nitrogens with two attached hydrogens (primary N) is 2. The average molecular weight is 963 g/mol. The summed E-state index contributed by atoms with van der Waals surface area (Å²) < 4.78 is 118. The minimum absolute atomic E-state index is 0. The molecule has 8 N–H and O–H groups in total. The van der Waals surface area contributed by atoms with Crippen molar-refractivity contribution in [3.8, 4) is 22.6 Å². The van der Waals surface area contributed by atoms with Crippen molar-refractivity contribution in [2.75, 3.05) is 11.5 Å². The van der Waals surface area contributed by atoms with Gasteiger partial charge in [-0.25, -0.2) is 16.8 Å². The molecule has 0 aliphatic carbocycles. The molecule has 0 atom stereocenters. The average Bonchev–Trinajstić information content (AvgIpc) is 3.10. The molecule has 0 saturated heterocycles. The van der Waals surface area contributed by atoms with Gasteiger partial charge in [0.05, 0.1) is 21.2 Å². The van der Waals surface area contributed by atoms with Crippen molar-refractivity contribution < 1.29 is 182 Å². The normalized spacial score (nSPS) is 11.4. The van der Waals surface area contributed by atoms with Crippen molar-refractivity contribution in [2.24, 2.45) is 20.5 Å². The quantitative estimate of drug-likeness (QED) is 0.0345. The van der Waals surface area contributed by atoms with Gasteiger partial charge in [-0.05, 0) is 116 Å². The van der Waals surface area contributed by atoms with Gasteiger partial charge in [0.2, 0.25) is 0 Å². The Morgan fingerprint density at radius 2 is 1.02 bits per heavy atom. The molecule has 0 unspecified atom stereocenters. The van der Waals surface area contributed by atoms with E-state index in [2.05, 4.69) is 20.5 Å². The van der Waals surface area contributed by atoms with E-state index in [0.717, 1.165) is 36.4 Å². The number of anilines is 2. The van der Waals surface area contributed by atoms with Crippen LogP contribution in [-0.2, 0) is 58.5 Å². The van der Waals surface area contributed by atoms with Crippen molar-refractivity contribution in [2.45, 2.75) is 33.4 Å². The molecule has 6 aromatic carbocycles. The molecule has 0 saturated carbocycles. The minimum Gasteiger partial charge on any atom is -0.870 e. The van der Waals surface area contributed by atoms with Crippen LogP contribution in [-0.4, -0.2) is 47.1 Å². The van der Waals surface area contributed by atoms with E-state index >= 15 is 0 Å². The summed E-state index contributed by atoms with van der Waals surface area (Å²) in [5.41, 5.74) is 13.1. The predicted molar refractivity (Wildman–Crippen MR) is 204 cm³/mol. The van der Waals surface area contributed by atoms with Gasteiger partial charge in [0, 0.05) is 22.1 Å². The molecule has 0 amide bonds. The van der Waals surface area contributed by atoms with Gasteiger partial charge in [0.15, 0.2) is 11.5 Å². The van der Waals surface area contributed by atoms with Gasteiger partial charge in [0.25, 0.3) is 0 Å². The minimum atomic E-state index is -5.25. The third kappa shape index (κ3) is 12.6. The number of hydrogen-bond acceptors (Lipinski definition) is 22. The molecule has 0 spiro atoms. The Hall–Kier alpha value is -2.12. The second kappa shape index (κ2) is 23.4. The molecular weight excluding hydrogens is 937 g/mol. The second-order valence-electron chi connectivity index (χ2n) is 12.1. The number of phenolic OH excluding ortho intramolecular Hbond substituents is 2. The number of azo groups is 2. The molecule has 0 aromatic heterocycles. The summed E-state index contributed by atoms with van der Waals surface area (Å²) >= 11 is 0. The number of phenols is 2. The van der Waals surface area contributed by atoms with E-state index in [1.54, 1.807) is 50.2 Å². The van der Waals surface area contributed by atoms with Crippen LogP contribution in [0.2, 0.25) is 0 Å². The van der Waals surface area contributed by atoms with Crippen molar-refractivity contribution in [1.82, 2.24) is 0 Å². The molecule has 28 heteroatoms. The number of aryl methyl sites for hydroxylation is 2. The first-order chi connectivity index (χ1) is 26.1. The molecule has 20 nitrogen and oxygen atoms in total. The predicted octanol–water partition coefficient (Wildman–Crippen LogP) is -5.51. The summed E-state index contributed by atoms with van der Waals surface area (Å²) in [6, 6.07) is 15.5. The first-order valence-electron chi connectivity index (χ1n) is 15.5. The van der Waals surface area contributed by atoms with Gasteiger partial charge in [-0.15, -0.1) is 10.2 Å². The topological polar surface area (TPSA) is 385 Å². The fraction of sp³-hybridized carbons (Fsp3) is 0.0588. The SMILES string of the molecule is Cc1cc(-c2ccc(N=Nc3c(S(=O)(=O)[O-])cc4cc([S-](=O)=O)cc(N)c4c3O)c(C)c2)ccc1N=Nc1c([S-](=O)=O)cc2cc(S(=O)(=O)[O-])cc(N)c2c1O.[Na+].[Na+].[Na+].[Na+].[OH-].[OH-]. The van der Waals surface area contributed by atoms with Gasteiger partial charge in [0.1, 0.15) is 31.6 Å². The first kappa shape index (κ1) is 59.9. The van der Waals surface area contributed by atoms with Crippen LogP contribution in [0.3, 0.4) is 0 Å². The fourth-order valence-electron chi connectivity index (χ4n) is 5.84. The van der Waals surface area contributed by atoms with Crippen LogP contribution in [0.25, 0.3) is 32.7 Å². The fourth-order valence-corrected chi connectivity index (χ4v) is 7.99. The van der Waals surface area contributed by atoms with Crippen molar-refractivity contribution >= 4 is 97.3 Å². The van der Waals surface area contributed by atoms with E-state index in [-0.39, 0.29) is 178 Å². The summed E-state index contributed by atoms with van der Waals surface area (Å²) in [6.07, 6.45) is 0. The number of nitrogens with zero attached hydrogens (tertiary/aromatic N) is 4. The van der Waals surface area contributed by atoms with Gasteiger partial charge in [-0.2, -0.15) is 10.2 Å². The van der Waals surface area contributed by atoms with Crippen LogP contribution in [0, 0.1) is 13.8 Å². The second-order valence-corrected chi connectivity index (χ2v) is 16.7. The maximum Gasteiger partial charge on any atom is 1.00 e. The first-order valence-corrected chi connectivity index (χ1v) is 20.5. The van der Waals surface area contributed by atoms with Crippen molar-refractivity contribution in [1.29, 1.82) is 0 Å². The molecular formula is C34H26N6Na4O14S4-2. The zero-order valence-electron chi connectivity index (χ0n) is 33.4. The number of rotatable bonds is 9. The Kier molecular flexibility index (Phi) is 22.6. The maximum atomic E-state index is 12.2. The molecule has 0 aliphatic rings. The van der Waals surface area contributed by atoms with E-state index in [1.807, 2.05) is 0 Å². The Bertz CT molecular complexity index is 3150. The Morgan fingerprint density at radius 3 is 1.45 bits per heavy atom. The van der Waals surface area contributed by atoms with E-state index in [9.17, 15) is 53.0 Å². The van der Waals surface area contributed by atoms with E-state index < -0.39 is 79.2 Å². The smallest absolute Gasteiger partial charge is 0.870 e. The number of hydrogen-bond donors (Lipinski definition) is 4. The molecule has 0 bridgehead atoms. The van der Waals surface area contributed by atoms with Gasteiger partial charge in [-0.3, -0.25) is 0 Å². The summed E-state index contributed by atoms with van der Waals surface area (Å²) in [5.74, 6) is -1.51. The van der Waals surface area contributed by atoms with Gasteiger partial charge in [-0.1, -0.05) is 35.2 Å². The van der Waals surface area contributed by atoms with Crippen LogP contribution in [0.15, 0.2) is 113 Å². The zero-order chi connectivity index (χ0) is 41.0. The van der Waals surface area contributed by atoms with Crippen LogP contribution in [0.1, 0.15) is 11.1 Å². The van der Waals surface area contributed by atoms with Crippen LogP contribution in [0.4, 0.5) is 34.1 Å². The molecule has 0 radical (unpaired) electrons. The van der Waals surface area contributed by atoms with E-state index in [4.69, 9.17) is 11.5 Å². The molecule has 0 aliphatic heterocycles. The van der Waals surface area contributed by atoms with Crippen molar-refractivity contribution in [3.05, 3.63) is 83.9 Å². The molecule has 0 heterocycles. The monoisotopic (exact) mass is 962 g/mol. The third-order valence-electron chi connectivity index (χ3n) is 8.48. The zero-order valence-corrected chi connectivity index (χ0v) is 44.6. The number of fused-ring (bicyclic) bond motifs is 2. The molecule has 306 valence electrons. The summed E-state index contributed by atoms with van der Waals surface area (Å²) in [5, 5.41) is 37.4. The Labute approximate surface area is 445 Å². The summed E-state index contributed by atoms with van der Waals surface area (Å²) in [4.78, 5) is -2.52. The van der Waals surface area contributed by atoms with E-state index in [0.29, 0.717) is 22.3 Å². The molecule has 6 aromatic rings. The standard InChI is InChI=1S/C34H26N6O12S4.4Na.2H2O/c1-15-7-17(3-5-25(15)37-39-31-27(54(45)46)11-20-10-22(55(47,48)49)14-24(36)30(20)33(31)41)18-4-6-26(16(2)8-18)38-40-32-28(56(50,51)52)12-19-9-21(53(43)44)13-23(35)29(19)34(32)42;;;;;;/h3-14,41-42H,35-36H2,1-2H3,(H,47,48,49)(H,50,51,52);;;;;2*1H2/q-2;4*+1;;/p-4. The maximum absolute atomic E-state index is 12.2. The Morgan fingerprint density at radius 1 is 0.565 bits per heavy atom. The van der Waals surface area contributed by atoms with Crippen LogP contribution in [0.5, 0.6) is 11.5 Å².